The van der Waals surface area contributed by atoms with Crippen LogP contribution in [0.2, 0.25) is 0 Å². The SMILES string of the molecule is CC/C=C\C/C=C\C/C=C\CCCCCCCCCC(=O)OC(COC(=O)CCCCCCC/C=C\CCC)COC(=O)CCCCCCCCCCCCCCC/C=C\CCCCCCCCCC. The zero-order valence-corrected chi connectivity index (χ0v) is 46.5. The molecular formula is C64H114O6. The zero-order chi connectivity index (χ0) is 50.7. The van der Waals surface area contributed by atoms with E-state index < -0.39 is 6.10 Å². The summed E-state index contributed by atoms with van der Waals surface area (Å²) < 4.78 is 16.8. The topological polar surface area (TPSA) is 78.9 Å². The van der Waals surface area contributed by atoms with Crippen LogP contribution in [-0.2, 0) is 28.6 Å². The van der Waals surface area contributed by atoms with Crippen molar-refractivity contribution in [1.82, 2.24) is 0 Å². The van der Waals surface area contributed by atoms with E-state index in [2.05, 4.69) is 81.5 Å². The molecule has 0 amide bonds. The van der Waals surface area contributed by atoms with Crippen molar-refractivity contribution in [1.29, 1.82) is 0 Å². The molecule has 0 saturated heterocycles. The van der Waals surface area contributed by atoms with E-state index in [0.29, 0.717) is 19.3 Å². The molecule has 406 valence electrons. The highest BCUT2D eigenvalue weighted by molar-refractivity contribution is 5.71. The van der Waals surface area contributed by atoms with E-state index in [-0.39, 0.29) is 31.1 Å². The van der Waals surface area contributed by atoms with Gasteiger partial charge in [0.05, 0.1) is 0 Å². The lowest BCUT2D eigenvalue weighted by Crippen LogP contribution is -2.30. The molecule has 0 aliphatic rings. The maximum absolute atomic E-state index is 12.8. The van der Waals surface area contributed by atoms with E-state index in [9.17, 15) is 14.4 Å². The molecule has 0 aliphatic carbocycles. The summed E-state index contributed by atoms with van der Waals surface area (Å²) in [5, 5.41) is 0. The first kappa shape index (κ1) is 67.1. The van der Waals surface area contributed by atoms with Gasteiger partial charge in [-0.1, -0.05) is 255 Å². The molecule has 0 aromatic heterocycles. The van der Waals surface area contributed by atoms with Crippen molar-refractivity contribution in [2.24, 2.45) is 0 Å². The van der Waals surface area contributed by atoms with Crippen LogP contribution in [0.4, 0.5) is 0 Å². The Morgan fingerprint density at radius 2 is 0.586 bits per heavy atom. The summed E-state index contributed by atoms with van der Waals surface area (Å²) >= 11 is 0. The molecule has 0 aromatic carbocycles. The number of hydrogen-bond donors (Lipinski definition) is 0. The minimum absolute atomic E-state index is 0.0795. The lowest BCUT2D eigenvalue weighted by atomic mass is 10.0. The van der Waals surface area contributed by atoms with Gasteiger partial charge in [0, 0.05) is 19.3 Å². The van der Waals surface area contributed by atoms with Crippen molar-refractivity contribution < 1.29 is 28.6 Å². The second kappa shape index (κ2) is 58.7. The maximum Gasteiger partial charge on any atom is 0.306 e. The quantitative estimate of drug-likeness (QED) is 0.0261. The Bertz CT molecular complexity index is 1260. The van der Waals surface area contributed by atoms with Crippen LogP contribution in [0.3, 0.4) is 0 Å². The van der Waals surface area contributed by atoms with E-state index in [4.69, 9.17) is 14.2 Å². The van der Waals surface area contributed by atoms with E-state index in [1.807, 2.05) is 0 Å². The molecule has 0 aromatic rings. The molecule has 0 radical (unpaired) electrons. The molecule has 6 nitrogen and oxygen atoms in total. The molecule has 0 aliphatic heterocycles. The van der Waals surface area contributed by atoms with Crippen molar-refractivity contribution in [2.75, 3.05) is 13.2 Å². The normalized spacial score (nSPS) is 12.4. The molecule has 6 heteroatoms. The average Bonchev–Trinajstić information content (AvgIpc) is 3.36. The highest BCUT2D eigenvalue weighted by Gasteiger charge is 2.19. The zero-order valence-electron chi connectivity index (χ0n) is 46.5. The maximum atomic E-state index is 12.8. The van der Waals surface area contributed by atoms with Crippen LogP contribution in [0.25, 0.3) is 0 Å². The molecule has 0 fully saturated rings. The second-order valence-electron chi connectivity index (χ2n) is 20.2. The standard InChI is InChI=1S/C64H114O6/c1-4-7-10-13-16-19-22-24-26-28-29-30-31-32-33-34-35-37-38-40-42-45-48-51-54-57-63(66)69-60-61(59-68-62(65)56-53-50-47-44-21-18-15-12-9-6-3)70-64(67)58-55-52-49-46-43-41-39-36-27-25-23-20-17-14-11-8-5-2/h8,11-12,15,17,20,25,27-29,61H,4-7,9-10,13-14,16,18-19,21-24,26,30-60H2,1-3H3/b11-8-,15-12-,20-17-,27-25-,29-28-. The van der Waals surface area contributed by atoms with Crippen molar-refractivity contribution in [2.45, 2.75) is 316 Å². The Labute approximate surface area is 434 Å². The Morgan fingerprint density at radius 1 is 0.300 bits per heavy atom. The monoisotopic (exact) mass is 979 g/mol. The molecule has 1 unspecified atom stereocenters. The van der Waals surface area contributed by atoms with Crippen molar-refractivity contribution in [3.05, 3.63) is 60.8 Å². The van der Waals surface area contributed by atoms with Crippen LogP contribution in [0, 0.1) is 0 Å². The van der Waals surface area contributed by atoms with Crippen LogP contribution >= 0.6 is 0 Å². The Hall–Kier alpha value is -2.89. The van der Waals surface area contributed by atoms with Gasteiger partial charge in [-0.25, -0.2) is 0 Å². The predicted octanol–water partition coefficient (Wildman–Crippen LogP) is 20.4. The van der Waals surface area contributed by atoms with Gasteiger partial charge in [-0.15, -0.1) is 0 Å². The first-order valence-electron chi connectivity index (χ1n) is 30.3. The average molecular weight is 980 g/mol. The molecular weight excluding hydrogens is 865 g/mol. The lowest BCUT2D eigenvalue weighted by Gasteiger charge is -2.18. The lowest BCUT2D eigenvalue weighted by molar-refractivity contribution is -0.167. The fourth-order valence-corrected chi connectivity index (χ4v) is 8.69. The summed E-state index contributed by atoms with van der Waals surface area (Å²) in [5.41, 5.74) is 0. The summed E-state index contributed by atoms with van der Waals surface area (Å²) in [7, 11) is 0. The van der Waals surface area contributed by atoms with Gasteiger partial charge in [-0.3, -0.25) is 14.4 Å². The smallest absolute Gasteiger partial charge is 0.306 e. The third-order valence-electron chi connectivity index (χ3n) is 13.2. The van der Waals surface area contributed by atoms with Gasteiger partial charge in [-0.2, -0.15) is 0 Å². The van der Waals surface area contributed by atoms with Gasteiger partial charge >= 0.3 is 17.9 Å². The van der Waals surface area contributed by atoms with Gasteiger partial charge in [0.15, 0.2) is 6.10 Å². The van der Waals surface area contributed by atoms with Crippen LogP contribution in [0.5, 0.6) is 0 Å². The summed E-state index contributed by atoms with van der Waals surface area (Å²) in [4.78, 5) is 38.1. The number of ether oxygens (including phenoxy) is 3. The molecule has 0 saturated carbocycles. The molecule has 0 heterocycles. The fourth-order valence-electron chi connectivity index (χ4n) is 8.69. The largest absolute Gasteiger partial charge is 0.462 e. The predicted molar refractivity (Wildman–Crippen MR) is 302 cm³/mol. The molecule has 1 atom stereocenters. The molecule has 0 bridgehead atoms. The highest BCUT2D eigenvalue weighted by Crippen LogP contribution is 2.16. The first-order chi connectivity index (χ1) is 34.5. The van der Waals surface area contributed by atoms with Gasteiger partial charge in [0.1, 0.15) is 13.2 Å². The van der Waals surface area contributed by atoms with Gasteiger partial charge in [-0.05, 0) is 96.3 Å². The van der Waals surface area contributed by atoms with Crippen LogP contribution in [0.1, 0.15) is 310 Å². The first-order valence-corrected chi connectivity index (χ1v) is 30.3. The minimum Gasteiger partial charge on any atom is -0.462 e. The van der Waals surface area contributed by atoms with Gasteiger partial charge in [0.25, 0.3) is 0 Å². The van der Waals surface area contributed by atoms with E-state index >= 15 is 0 Å². The summed E-state index contributed by atoms with van der Waals surface area (Å²) in [6, 6.07) is 0. The molecule has 0 spiro atoms. The number of unbranched alkanes of at least 4 members (excludes halogenated alkanes) is 34. The Morgan fingerprint density at radius 3 is 0.943 bits per heavy atom. The third kappa shape index (κ3) is 56.0. The third-order valence-corrected chi connectivity index (χ3v) is 13.2. The van der Waals surface area contributed by atoms with Crippen LogP contribution < -0.4 is 0 Å². The van der Waals surface area contributed by atoms with E-state index in [0.717, 1.165) is 96.3 Å². The van der Waals surface area contributed by atoms with Crippen LogP contribution in [-0.4, -0.2) is 37.2 Å². The number of esters is 3. The summed E-state index contributed by atoms with van der Waals surface area (Å²) in [6.45, 7) is 6.48. The number of rotatable bonds is 55. The second-order valence-corrected chi connectivity index (χ2v) is 20.2. The molecule has 0 rings (SSSR count). The Balaban J connectivity index is 4.21. The van der Waals surface area contributed by atoms with Crippen LogP contribution in [0.15, 0.2) is 60.8 Å². The van der Waals surface area contributed by atoms with Crippen molar-refractivity contribution in [3.8, 4) is 0 Å². The van der Waals surface area contributed by atoms with E-state index in [1.165, 1.54) is 173 Å². The Kier molecular flexibility index (Phi) is 56.3. The minimum atomic E-state index is -0.782. The number of carbonyl (C=O) groups excluding carboxylic acids is 3. The van der Waals surface area contributed by atoms with Gasteiger partial charge < -0.3 is 14.2 Å². The molecule has 0 N–H and O–H groups in total. The number of hydrogen-bond acceptors (Lipinski definition) is 6. The van der Waals surface area contributed by atoms with E-state index in [1.54, 1.807) is 0 Å². The number of carbonyl (C=O) groups is 3. The van der Waals surface area contributed by atoms with Crippen molar-refractivity contribution in [3.63, 3.8) is 0 Å². The van der Waals surface area contributed by atoms with Gasteiger partial charge in [0.2, 0.25) is 0 Å². The fraction of sp³-hybridized carbons (Fsp3) is 0.797. The molecule has 70 heavy (non-hydrogen) atoms. The van der Waals surface area contributed by atoms with Crippen molar-refractivity contribution >= 4 is 17.9 Å². The highest BCUT2D eigenvalue weighted by atomic mass is 16.6. The number of allylic oxidation sites excluding steroid dienone is 10. The summed E-state index contributed by atoms with van der Waals surface area (Å²) in [5.74, 6) is -0.890. The summed E-state index contributed by atoms with van der Waals surface area (Å²) in [6.07, 6.45) is 73.8.